The molecule has 4 fully saturated rings. The number of rotatable bonds is 8. The van der Waals surface area contributed by atoms with Gasteiger partial charge in [0.15, 0.2) is 0 Å². The third kappa shape index (κ3) is 9.09. The summed E-state index contributed by atoms with van der Waals surface area (Å²) in [6.45, 7) is 5.18. The predicted molar refractivity (Wildman–Crippen MR) is 205 cm³/mol. The summed E-state index contributed by atoms with van der Waals surface area (Å²) in [4.78, 5) is 63.7. The first-order chi connectivity index (χ1) is 25.5. The van der Waals surface area contributed by atoms with Crippen LogP contribution in [0.5, 0.6) is 11.6 Å². The number of alkyl carbamates (subject to hydrolysis) is 1. The van der Waals surface area contributed by atoms with Crippen LogP contribution in [0.4, 0.5) is 10.6 Å². The SMILES string of the molecule is COc1ccc2c(O[C@@H]3C[C@H]4C(=O)N[C@]5(C(=O)NS(=O)(=O)C6CC6)C[C@H]5CCCCCSC[C@H](NC(=O)OC(C)(C)C)C(=O)N4C3)nc(N(C)C)cc2c1. The fourth-order valence-electron chi connectivity index (χ4n) is 7.12. The van der Waals surface area contributed by atoms with Gasteiger partial charge in [0.2, 0.25) is 27.7 Å². The molecule has 0 spiro atoms. The fraction of sp³-hybridized carbons (Fsp3) is 0.649. The molecule has 15 nitrogen and oxygen atoms in total. The number of amides is 4. The molecular formula is C37H52N6O9S2. The number of aromatic nitrogens is 1. The van der Waals surface area contributed by atoms with E-state index in [1.165, 1.54) is 16.7 Å². The van der Waals surface area contributed by atoms with Crippen molar-refractivity contribution in [3.63, 3.8) is 0 Å². The highest BCUT2D eigenvalue weighted by molar-refractivity contribution is 7.99. The predicted octanol–water partition coefficient (Wildman–Crippen LogP) is 3.34. The summed E-state index contributed by atoms with van der Waals surface area (Å²) in [5.41, 5.74) is -2.23. The first-order valence-corrected chi connectivity index (χ1v) is 21.3. The molecule has 17 heteroatoms. The van der Waals surface area contributed by atoms with Crippen LogP contribution in [-0.4, -0.2) is 116 Å². The second-order valence-electron chi connectivity index (χ2n) is 15.9. The fourth-order valence-corrected chi connectivity index (χ4v) is 9.52. The normalized spacial score (nSPS) is 26.7. The third-order valence-electron chi connectivity index (χ3n) is 10.2. The Morgan fingerprint density at radius 3 is 2.54 bits per heavy atom. The average Bonchev–Trinajstić information content (AvgIpc) is 4.02. The minimum absolute atomic E-state index is 0.0156. The zero-order chi connectivity index (χ0) is 39.0. The first-order valence-electron chi connectivity index (χ1n) is 18.6. The number of thioether (sulfide) groups is 1. The summed E-state index contributed by atoms with van der Waals surface area (Å²) >= 11 is 1.53. The van der Waals surface area contributed by atoms with Crippen LogP contribution in [-0.2, 0) is 29.1 Å². The van der Waals surface area contributed by atoms with Gasteiger partial charge in [-0.25, -0.2) is 13.2 Å². The highest BCUT2D eigenvalue weighted by Gasteiger charge is 2.62. The van der Waals surface area contributed by atoms with Gasteiger partial charge in [-0.3, -0.25) is 19.1 Å². The summed E-state index contributed by atoms with van der Waals surface area (Å²) in [5.74, 6) is 0.472. The van der Waals surface area contributed by atoms with E-state index < -0.39 is 68.4 Å². The number of pyridine rings is 1. The molecule has 3 heterocycles. The van der Waals surface area contributed by atoms with Gasteiger partial charge in [0.25, 0.3) is 5.91 Å². The van der Waals surface area contributed by atoms with Crippen LogP contribution >= 0.6 is 11.8 Å². The van der Waals surface area contributed by atoms with Crippen LogP contribution in [0.3, 0.4) is 0 Å². The van der Waals surface area contributed by atoms with Crippen LogP contribution in [0.25, 0.3) is 10.8 Å². The molecule has 4 amide bonds. The molecule has 54 heavy (non-hydrogen) atoms. The molecule has 2 saturated heterocycles. The van der Waals surface area contributed by atoms with Crippen LogP contribution in [0.15, 0.2) is 24.3 Å². The molecule has 0 unspecified atom stereocenters. The number of benzene rings is 1. The lowest BCUT2D eigenvalue weighted by molar-refractivity contribution is -0.140. The summed E-state index contributed by atoms with van der Waals surface area (Å²) in [6.07, 6.45) is 2.96. The Hall–Kier alpha value is -3.99. The van der Waals surface area contributed by atoms with Crippen molar-refractivity contribution in [2.24, 2.45) is 5.92 Å². The minimum Gasteiger partial charge on any atom is -0.497 e. The van der Waals surface area contributed by atoms with Gasteiger partial charge in [-0.2, -0.15) is 16.7 Å². The van der Waals surface area contributed by atoms with Gasteiger partial charge in [0.05, 0.1) is 18.9 Å². The van der Waals surface area contributed by atoms with E-state index in [1.807, 2.05) is 37.2 Å². The Labute approximate surface area is 321 Å². The molecule has 2 aliphatic heterocycles. The molecule has 4 aliphatic rings. The number of nitrogens with zero attached hydrogens (tertiary/aromatic N) is 3. The molecule has 2 saturated carbocycles. The van der Waals surface area contributed by atoms with Crippen molar-refractivity contribution >= 4 is 62.2 Å². The topological polar surface area (TPSA) is 186 Å². The first kappa shape index (κ1) is 39.7. The molecule has 3 N–H and O–H groups in total. The van der Waals surface area contributed by atoms with Gasteiger partial charge in [-0.1, -0.05) is 12.8 Å². The number of anilines is 1. The number of nitrogens with one attached hydrogen (secondary N) is 3. The monoisotopic (exact) mass is 788 g/mol. The van der Waals surface area contributed by atoms with E-state index in [-0.39, 0.29) is 24.6 Å². The van der Waals surface area contributed by atoms with E-state index in [2.05, 4.69) is 15.4 Å². The maximum absolute atomic E-state index is 14.5. The summed E-state index contributed by atoms with van der Waals surface area (Å²) < 4.78 is 45.5. The molecule has 6 rings (SSSR count). The summed E-state index contributed by atoms with van der Waals surface area (Å²) in [5, 5.41) is 6.58. The maximum Gasteiger partial charge on any atom is 0.408 e. The Balaban J connectivity index is 1.33. The number of methoxy groups -OCH3 is 1. The molecule has 296 valence electrons. The largest absolute Gasteiger partial charge is 0.497 e. The Morgan fingerprint density at radius 2 is 1.85 bits per heavy atom. The van der Waals surface area contributed by atoms with E-state index >= 15 is 0 Å². The number of hydrogen-bond acceptors (Lipinski definition) is 12. The number of sulfonamides is 1. The van der Waals surface area contributed by atoms with Gasteiger partial charge in [0.1, 0.15) is 40.9 Å². The van der Waals surface area contributed by atoms with Crippen molar-refractivity contribution in [3.8, 4) is 11.6 Å². The number of carbonyl (C=O) groups is 4. The Morgan fingerprint density at radius 1 is 1.09 bits per heavy atom. The van der Waals surface area contributed by atoms with Crippen molar-refractivity contribution < 1.29 is 41.8 Å². The average molecular weight is 789 g/mol. The minimum atomic E-state index is -3.87. The van der Waals surface area contributed by atoms with Gasteiger partial charge < -0.3 is 34.6 Å². The van der Waals surface area contributed by atoms with E-state index in [0.717, 1.165) is 30.4 Å². The molecule has 0 radical (unpaired) electrons. The molecule has 0 bridgehead atoms. The highest BCUT2D eigenvalue weighted by atomic mass is 32.2. The quantitative estimate of drug-likeness (QED) is 0.355. The van der Waals surface area contributed by atoms with E-state index in [4.69, 9.17) is 19.2 Å². The second-order valence-corrected chi connectivity index (χ2v) is 19.0. The zero-order valence-corrected chi connectivity index (χ0v) is 33.4. The lowest BCUT2D eigenvalue weighted by Crippen LogP contribution is -2.58. The van der Waals surface area contributed by atoms with Crippen LogP contribution in [0.1, 0.15) is 72.1 Å². The van der Waals surface area contributed by atoms with Crippen LogP contribution in [0, 0.1) is 5.92 Å². The lowest BCUT2D eigenvalue weighted by Gasteiger charge is -2.30. The summed E-state index contributed by atoms with van der Waals surface area (Å²) in [7, 11) is 1.43. The van der Waals surface area contributed by atoms with Crippen LogP contribution < -0.4 is 29.7 Å². The molecule has 2 aromatic rings. The van der Waals surface area contributed by atoms with Crippen molar-refractivity contribution in [1.82, 2.24) is 25.2 Å². The van der Waals surface area contributed by atoms with Crippen molar-refractivity contribution in [2.75, 3.05) is 44.2 Å². The van der Waals surface area contributed by atoms with E-state index in [1.54, 1.807) is 33.9 Å². The lowest BCUT2D eigenvalue weighted by atomic mass is 10.1. The Bertz CT molecular complexity index is 1880. The van der Waals surface area contributed by atoms with Gasteiger partial charge in [-0.05, 0) is 94.2 Å². The van der Waals surface area contributed by atoms with Crippen molar-refractivity contribution in [2.45, 2.75) is 107 Å². The zero-order valence-electron chi connectivity index (χ0n) is 31.8. The molecule has 1 aromatic carbocycles. The highest BCUT2D eigenvalue weighted by Crippen LogP contribution is 2.48. The van der Waals surface area contributed by atoms with Gasteiger partial charge in [0, 0.05) is 31.7 Å². The van der Waals surface area contributed by atoms with Crippen LogP contribution in [0.2, 0.25) is 0 Å². The standard InChI is InChI=1S/C37H52N6O9S2/c1-36(2,3)52-35(47)38-28-21-53-15-9-7-8-10-23-19-37(23,34(46)41-54(48,49)26-12-13-26)40-31(44)29-18-25(20-43(29)33(28)45)51-32-27-14-11-24(50-6)16-22(27)17-30(39-32)42(4)5/h11,14,16-17,23,25-26,28-29H,7-10,12-13,15,18-21H2,1-6H3,(H,38,47)(H,40,44)(H,41,46)/t23-,25-,28+,29+,37-/m1/s1. The second kappa shape index (κ2) is 15.6. The number of hydrogen-bond donors (Lipinski definition) is 3. The maximum atomic E-state index is 14.5. The molecule has 5 atom stereocenters. The number of fused-ring (bicyclic) bond motifs is 3. The number of carbonyl (C=O) groups excluding carboxylic acids is 4. The van der Waals surface area contributed by atoms with E-state index in [9.17, 15) is 27.6 Å². The van der Waals surface area contributed by atoms with E-state index in [0.29, 0.717) is 48.5 Å². The summed E-state index contributed by atoms with van der Waals surface area (Å²) in [6, 6.07) is 5.29. The van der Waals surface area contributed by atoms with Crippen molar-refractivity contribution in [1.29, 1.82) is 0 Å². The number of ether oxygens (including phenoxy) is 3. The van der Waals surface area contributed by atoms with Gasteiger partial charge >= 0.3 is 6.09 Å². The Kier molecular flexibility index (Phi) is 11.5. The molecule has 2 aliphatic carbocycles. The molecule has 1 aromatic heterocycles. The smallest absolute Gasteiger partial charge is 0.408 e. The van der Waals surface area contributed by atoms with Crippen molar-refractivity contribution in [3.05, 3.63) is 24.3 Å². The van der Waals surface area contributed by atoms with Gasteiger partial charge in [-0.15, -0.1) is 0 Å². The molecular weight excluding hydrogens is 737 g/mol. The third-order valence-corrected chi connectivity index (χ3v) is 13.2.